The van der Waals surface area contributed by atoms with Crippen LogP contribution >= 0.6 is 0 Å². The quantitative estimate of drug-likeness (QED) is 0.430. The summed E-state index contributed by atoms with van der Waals surface area (Å²) in [7, 11) is 0. The first-order valence-electron chi connectivity index (χ1n) is 4.99. The van der Waals surface area contributed by atoms with Gasteiger partial charge in [0.05, 0.1) is 6.04 Å². The van der Waals surface area contributed by atoms with Crippen molar-refractivity contribution in [3.8, 4) is 0 Å². The van der Waals surface area contributed by atoms with Gasteiger partial charge in [-0.05, 0) is 29.8 Å². The van der Waals surface area contributed by atoms with Crippen molar-refractivity contribution in [2.24, 2.45) is 5.11 Å². The molecule has 0 aliphatic rings. The number of rotatable bonds is 3. The molecule has 1 atom stereocenters. The van der Waals surface area contributed by atoms with Crippen molar-refractivity contribution in [1.82, 2.24) is 4.57 Å². The molecule has 2 rings (SSSR count). The number of nitrogens with zero attached hydrogens (tertiary/aromatic N) is 4. The number of benzene rings is 1. The summed E-state index contributed by atoms with van der Waals surface area (Å²) in [6.07, 6.45) is 1.87. The summed E-state index contributed by atoms with van der Waals surface area (Å²) in [5.74, 6) is -0.242. The summed E-state index contributed by atoms with van der Waals surface area (Å²) in [4.78, 5) is 2.76. The number of halogens is 1. The number of hydrogen-bond donors (Lipinski definition) is 0. The van der Waals surface area contributed by atoms with E-state index in [1.807, 2.05) is 23.8 Å². The minimum Gasteiger partial charge on any atom is -0.347 e. The summed E-state index contributed by atoms with van der Waals surface area (Å²) >= 11 is 0. The Morgan fingerprint density at radius 2 is 2.31 bits per heavy atom. The zero-order chi connectivity index (χ0) is 11.5. The van der Waals surface area contributed by atoms with Gasteiger partial charge in [-0.1, -0.05) is 12.0 Å². The average molecular weight is 218 g/mol. The lowest BCUT2D eigenvalue weighted by Gasteiger charge is -2.07. The molecule has 82 valence electrons. The van der Waals surface area contributed by atoms with Gasteiger partial charge in [-0.15, -0.1) is 0 Å². The maximum absolute atomic E-state index is 13.0. The third-order valence-corrected chi connectivity index (χ3v) is 2.44. The van der Waals surface area contributed by atoms with Crippen molar-refractivity contribution in [2.75, 3.05) is 0 Å². The highest BCUT2D eigenvalue weighted by Gasteiger charge is 2.05. The van der Waals surface area contributed by atoms with E-state index >= 15 is 0 Å². The molecule has 0 aliphatic carbocycles. The Balaban J connectivity index is 2.35. The lowest BCUT2D eigenvalue weighted by Crippen LogP contribution is -2.08. The van der Waals surface area contributed by atoms with Crippen molar-refractivity contribution in [2.45, 2.75) is 19.5 Å². The number of fused-ring (bicyclic) bond motifs is 1. The van der Waals surface area contributed by atoms with Crippen molar-refractivity contribution < 1.29 is 4.39 Å². The lowest BCUT2D eigenvalue weighted by atomic mass is 10.2. The van der Waals surface area contributed by atoms with Gasteiger partial charge in [0.1, 0.15) is 5.82 Å². The maximum Gasteiger partial charge on any atom is 0.123 e. The molecule has 0 fully saturated rings. The monoisotopic (exact) mass is 218 g/mol. The molecule has 0 N–H and O–H groups in total. The van der Waals surface area contributed by atoms with Crippen LogP contribution in [0.4, 0.5) is 4.39 Å². The second-order valence-corrected chi connectivity index (χ2v) is 3.73. The molecule has 0 radical (unpaired) electrons. The summed E-state index contributed by atoms with van der Waals surface area (Å²) in [6.45, 7) is 2.44. The standard InChI is InChI=1S/C11H11FN4/c1-8(14-15-13)7-16-5-4-9-6-10(12)2-3-11(9)16/h2-6,8H,7H2,1H3/t8-/m0/s1. The zero-order valence-electron chi connectivity index (χ0n) is 8.84. The molecular formula is C11H11FN4. The highest BCUT2D eigenvalue weighted by atomic mass is 19.1. The van der Waals surface area contributed by atoms with E-state index in [1.165, 1.54) is 12.1 Å². The lowest BCUT2D eigenvalue weighted by molar-refractivity contribution is 0.601. The summed E-state index contributed by atoms with van der Waals surface area (Å²) in [5, 5.41) is 4.46. The first-order valence-corrected chi connectivity index (χ1v) is 4.99. The van der Waals surface area contributed by atoms with Crippen LogP contribution < -0.4 is 0 Å². The van der Waals surface area contributed by atoms with Crippen LogP contribution in [-0.4, -0.2) is 10.6 Å². The predicted molar refractivity (Wildman–Crippen MR) is 60.5 cm³/mol. The van der Waals surface area contributed by atoms with Crippen LogP contribution in [0.15, 0.2) is 35.6 Å². The first kappa shape index (κ1) is 10.5. The number of aromatic nitrogens is 1. The Kier molecular flexibility index (Phi) is 2.79. The minimum atomic E-state index is -0.242. The highest BCUT2D eigenvalue weighted by molar-refractivity contribution is 5.80. The molecule has 1 aromatic carbocycles. The Bertz CT molecular complexity index is 554. The van der Waals surface area contributed by atoms with E-state index in [-0.39, 0.29) is 11.9 Å². The maximum atomic E-state index is 13.0. The molecular weight excluding hydrogens is 207 g/mol. The molecule has 0 spiro atoms. The molecule has 0 saturated heterocycles. The largest absolute Gasteiger partial charge is 0.347 e. The highest BCUT2D eigenvalue weighted by Crippen LogP contribution is 2.17. The van der Waals surface area contributed by atoms with Crippen LogP contribution in [0.1, 0.15) is 6.92 Å². The van der Waals surface area contributed by atoms with Crippen molar-refractivity contribution in [1.29, 1.82) is 0 Å². The fraction of sp³-hybridized carbons (Fsp3) is 0.273. The van der Waals surface area contributed by atoms with Crippen LogP contribution in [0.3, 0.4) is 0 Å². The van der Waals surface area contributed by atoms with Gasteiger partial charge >= 0.3 is 0 Å². The predicted octanol–water partition coefficient (Wildman–Crippen LogP) is 3.48. The van der Waals surface area contributed by atoms with Crippen LogP contribution in [-0.2, 0) is 6.54 Å². The summed E-state index contributed by atoms with van der Waals surface area (Å²) < 4.78 is 14.9. The van der Waals surface area contributed by atoms with E-state index < -0.39 is 0 Å². The van der Waals surface area contributed by atoms with E-state index in [0.717, 1.165) is 10.9 Å². The van der Waals surface area contributed by atoms with Gasteiger partial charge in [0.2, 0.25) is 0 Å². The second kappa shape index (κ2) is 4.24. The molecule has 2 aromatic rings. The Morgan fingerprint density at radius 1 is 1.50 bits per heavy atom. The van der Waals surface area contributed by atoms with Gasteiger partial charge in [-0.2, -0.15) is 0 Å². The molecule has 16 heavy (non-hydrogen) atoms. The Morgan fingerprint density at radius 3 is 3.06 bits per heavy atom. The third kappa shape index (κ3) is 1.99. The van der Waals surface area contributed by atoms with E-state index in [9.17, 15) is 4.39 Å². The smallest absolute Gasteiger partial charge is 0.123 e. The molecule has 4 nitrogen and oxygen atoms in total. The summed E-state index contributed by atoms with van der Waals surface area (Å²) in [6, 6.07) is 6.38. The van der Waals surface area contributed by atoms with E-state index in [0.29, 0.717) is 6.54 Å². The van der Waals surface area contributed by atoms with Crippen molar-refractivity contribution >= 4 is 10.9 Å². The second-order valence-electron chi connectivity index (χ2n) is 3.73. The number of hydrogen-bond acceptors (Lipinski definition) is 1. The molecule has 1 aromatic heterocycles. The van der Waals surface area contributed by atoms with Crippen molar-refractivity contribution in [3.63, 3.8) is 0 Å². The minimum absolute atomic E-state index is 0.120. The van der Waals surface area contributed by atoms with Gasteiger partial charge in [0, 0.05) is 28.6 Å². The fourth-order valence-corrected chi connectivity index (χ4v) is 1.74. The SMILES string of the molecule is C[C@@H](Cn1ccc2cc(F)ccc21)N=[N+]=[N-]. The molecule has 0 saturated carbocycles. The van der Waals surface area contributed by atoms with Gasteiger partial charge in [0.15, 0.2) is 0 Å². The van der Waals surface area contributed by atoms with Gasteiger partial charge in [0.25, 0.3) is 0 Å². The molecule has 0 aliphatic heterocycles. The van der Waals surface area contributed by atoms with Crippen LogP contribution in [0, 0.1) is 5.82 Å². The zero-order valence-corrected chi connectivity index (χ0v) is 8.84. The fourth-order valence-electron chi connectivity index (χ4n) is 1.74. The Labute approximate surface area is 91.9 Å². The van der Waals surface area contributed by atoms with Crippen LogP contribution in [0.5, 0.6) is 0 Å². The van der Waals surface area contributed by atoms with E-state index in [1.54, 1.807) is 6.07 Å². The molecule has 0 unspecified atom stereocenters. The molecule has 0 amide bonds. The topological polar surface area (TPSA) is 53.7 Å². The van der Waals surface area contributed by atoms with Crippen molar-refractivity contribution in [3.05, 3.63) is 46.7 Å². The summed E-state index contributed by atoms with van der Waals surface area (Å²) in [5.41, 5.74) is 9.26. The molecule has 1 heterocycles. The third-order valence-electron chi connectivity index (χ3n) is 2.44. The molecule has 0 bridgehead atoms. The van der Waals surface area contributed by atoms with E-state index in [4.69, 9.17) is 5.53 Å². The van der Waals surface area contributed by atoms with Crippen LogP contribution in [0.2, 0.25) is 0 Å². The van der Waals surface area contributed by atoms with Gasteiger partial charge < -0.3 is 4.57 Å². The van der Waals surface area contributed by atoms with Gasteiger partial charge in [-0.25, -0.2) is 4.39 Å². The van der Waals surface area contributed by atoms with Crippen LogP contribution in [0.25, 0.3) is 21.3 Å². The Hall–Kier alpha value is -2.00. The van der Waals surface area contributed by atoms with E-state index in [2.05, 4.69) is 10.0 Å². The first-order chi connectivity index (χ1) is 7.70. The normalized spacial score (nSPS) is 12.4. The molecule has 5 heteroatoms. The average Bonchev–Trinajstić information content (AvgIpc) is 2.61. The van der Waals surface area contributed by atoms with Gasteiger partial charge in [-0.3, -0.25) is 0 Å². The number of azide groups is 1.